The van der Waals surface area contributed by atoms with Gasteiger partial charge in [0.15, 0.2) is 5.69 Å². The van der Waals surface area contributed by atoms with Crippen molar-refractivity contribution in [1.29, 1.82) is 0 Å². The molecule has 0 radical (unpaired) electrons. The number of halogens is 1. The van der Waals surface area contributed by atoms with Gasteiger partial charge in [0.2, 0.25) is 15.0 Å². The zero-order valence-corrected chi connectivity index (χ0v) is 12.6. The summed E-state index contributed by atoms with van der Waals surface area (Å²) in [5.41, 5.74) is 0.375. The van der Waals surface area contributed by atoms with Crippen LogP contribution >= 0.6 is 11.6 Å². The fourth-order valence-electron chi connectivity index (χ4n) is 1.50. The summed E-state index contributed by atoms with van der Waals surface area (Å²) < 4.78 is 23.5. The molecule has 8 heteroatoms. The molecule has 0 aliphatic heterocycles. The molecule has 0 unspecified atom stereocenters. The lowest BCUT2D eigenvalue weighted by molar-refractivity contribution is 0.102. The molecular formula is C13H12ClN3O3S. The van der Waals surface area contributed by atoms with Crippen molar-refractivity contribution in [2.45, 2.75) is 12.1 Å². The van der Waals surface area contributed by atoms with Gasteiger partial charge in [-0.25, -0.2) is 18.4 Å². The van der Waals surface area contributed by atoms with Crippen LogP contribution in [0.4, 0.5) is 5.69 Å². The van der Waals surface area contributed by atoms with E-state index in [1.165, 1.54) is 6.92 Å². The third-order valence-corrected chi connectivity index (χ3v) is 4.42. The number of para-hydroxylation sites is 1. The van der Waals surface area contributed by atoms with Gasteiger partial charge in [-0.2, -0.15) is 0 Å². The predicted octanol–water partition coefficient (Wildman–Crippen LogP) is 2.18. The maximum atomic E-state index is 12.1. The molecule has 6 nitrogen and oxygen atoms in total. The second kappa shape index (κ2) is 6.19. The van der Waals surface area contributed by atoms with Crippen molar-refractivity contribution in [3.8, 4) is 0 Å². The Morgan fingerprint density at radius 3 is 2.57 bits per heavy atom. The van der Waals surface area contributed by atoms with E-state index < -0.39 is 20.9 Å². The number of nitrogens with zero attached hydrogens (tertiary/aromatic N) is 2. The van der Waals surface area contributed by atoms with Crippen LogP contribution in [0.25, 0.3) is 0 Å². The van der Waals surface area contributed by atoms with E-state index in [9.17, 15) is 13.2 Å². The minimum absolute atomic E-state index is 0.0153. The summed E-state index contributed by atoms with van der Waals surface area (Å²) in [4.78, 5) is 19.5. The summed E-state index contributed by atoms with van der Waals surface area (Å²) in [5.74, 6) is -0.755. The normalized spacial score (nSPS) is 11.1. The van der Waals surface area contributed by atoms with Crippen LogP contribution in [0.2, 0.25) is 5.02 Å². The third kappa shape index (κ3) is 3.56. The predicted molar refractivity (Wildman–Crippen MR) is 79.2 cm³/mol. The largest absolute Gasteiger partial charge is 0.321 e. The lowest BCUT2D eigenvalue weighted by Crippen LogP contribution is -2.18. The lowest BCUT2D eigenvalue weighted by atomic mass is 10.3. The molecule has 1 N–H and O–H groups in total. The number of amides is 1. The van der Waals surface area contributed by atoms with Crippen molar-refractivity contribution in [2.75, 3.05) is 11.1 Å². The molecule has 2 aromatic rings. The molecular weight excluding hydrogens is 314 g/mol. The van der Waals surface area contributed by atoms with Crippen LogP contribution in [0.3, 0.4) is 0 Å². The van der Waals surface area contributed by atoms with E-state index in [0.717, 1.165) is 6.20 Å². The van der Waals surface area contributed by atoms with Crippen LogP contribution in [0.5, 0.6) is 0 Å². The molecule has 0 fully saturated rings. The smallest absolute Gasteiger partial charge is 0.275 e. The van der Waals surface area contributed by atoms with Gasteiger partial charge in [-0.05, 0) is 12.1 Å². The molecule has 1 aromatic heterocycles. The van der Waals surface area contributed by atoms with Crippen molar-refractivity contribution in [3.05, 3.63) is 47.2 Å². The van der Waals surface area contributed by atoms with Crippen LogP contribution in [0.15, 0.2) is 41.7 Å². The Morgan fingerprint density at radius 2 is 1.95 bits per heavy atom. The first-order valence-corrected chi connectivity index (χ1v) is 8.08. The first-order valence-electron chi connectivity index (χ1n) is 6.05. The van der Waals surface area contributed by atoms with Crippen LogP contribution in [-0.4, -0.2) is 30.0 Å². The molecule has 0 spiro atoms. The SMILES string of the molecule is CCS(=O)(=O)c1ncc(Cl)c(C(=O)Nc2ccccc2)n1. The average Bonchev–Trinajstić information content (AvgIpc) is 2.48. The van der Waals surface area contributed by atoms with Gasteiger partial charge in [0, 0.05) is 5.69 Å². The number of aromatic nitrogens is 2. The highest BCUT2D eigenvalue weighted by Gasteiger charge is 2.20. The minimum Gasteiger partial charge on any atom is -0.321 e. The highest BCUT2D eigenvalue weighted by molar-refractivity contribution is 7.91. The number of hydrogen-bond donors (Lipinski definition) is 1. The summed E-state index contributed by atoms with van der Waals surface area (Å²) in [5, 5.41) is 2.16. The van der Waals surface area contributed by atoms with Gasteiger partial charge in [0.05, 0.1) is 17.0 Å². The quantitative estimate of drug-likeness (QED) is 0.870. The topological polar surface area (TPSA) is 89.0 Å². The molecule has 1 heterocycles. The number of carbonyl (C=O) groups excluding carboxylic acids is 1. The van der Waals surface area contributed by atoms with Crippen molar-refractivity contribution in [2.24, 2.45) is 0 Å². The first kappa shape index (κ1) is 15.4. The number of nitrogens with one attached hydrogen (secondary N) is 1. The van der Waals surface area contributed by atoms with Gasteiger partial charge < -0.3 is 5.32 Å². The first-order chi connectivity index (χ1) is 9.94. The molecule has 0 bridgehead atoms. The monoisotopic (exact) mass is 325 g/mol. The van der Waals surface area contributed by atoms with E-state index in [0.29, 0.717) is 5.69 Å². The van der Waals surface area contributed by atoms with Crippen LogP contribution in [0, 0.1) is 0 Å². The summed E-state index contributed by atoms with van der Waals surface area (Å²) in [6.45, 7) is 1.47. The van der Waals surface area contributed by atoms with E-state index in [1.807, 2.05) is 0 Å². The van der Waals surface area contributed by atoms with Crippen LogP contribution < -0.4 is 5.32 Å². The second-order valence-corrected chi connectivity index (χ2v) is 6.65. The second-order valence-electron chi connectivity index (χ2n) is 4.07. The van der Waals surface area contributed by atoms with Crippen LogP contribution in [-0.2, 0) is 9.84 Å². The average molecular weight is 326 g/mol. The highest BCUT2D eigenvalue weighted by atomic mass is 35.5. The number of carbonyl (C=O) groups is 1. The molecule has 21 heavy (non-hydrogen) atoms. The van der Waals surface area contributed by atoms with E-state index in [4.69, 9.17) is 11.6 Å². The highest BCUT2D eigenvalue weighted by Crippen LogP contribution is 2.17. The van der Waals surface area contributed by atoms with Crippen molar-refractivity contribution in [1.82, 2.24) is 9.97 Å². The van der Waals surface area contributed by atoms with Gasteiger partial charge in [-0.1, -0.05) is 36.7 Å². The van der Waals surface area contributed by atoms with Crippen molar-refractivity contribution in [3.63, 3.8) is 0 Å². The van der Waals surface area contributed by atoms with Gasteiger partial charge in [0.25, 0.3) is 5.91 Å². The Bertz CT molecular complexity index is 763. The molecule has 0 saturated heterocycles. The number of benzene rings is 1. The molecule has 0 saturated carbocycles. The van der Waals surface area contributed by atoms with Crippen molar-refractivity contribution < 1.29 is 13.2 Å². The van der Waals surface area contributed by atoms with E-state index in [-0.39, 0.29) is 16.5 Å². The summed E-state index contributed by atoms with van der Waals surface area (Å²) in [6.07, 6.45) is 1.11. The molecule has 0 aliphatic carbocycles. The van der Waals surface area contributed by atoms with Gasteiger partial charge in [-0.15, -0.1) is 0 Å². The standard InChI is InChI=1S/C13H12ClN3O3S/c1-2-21(19,20)13-15-8-10(14)11(17-13)12(18)16-9-6-4-3-5-7-9/h3-8H,2H2,1H3,(H,16,18). The van der Waals surface area contributed by atoms with E-state index >= 15 is 0 Å². The zero-order valence-electron chi connectivity index (χ0n) is 11.1. The molecule has 2 rings (SSSR count). The lowest BCUT2D eigenvalue weighted by Gasteiger charge is -2.07. The summed E-state index contributed by atoms with van der Waals surface area (Å²) in [7, 11) is -3.60. The number of sulfone groups is 1. The Balaban J connectivity index is 2.35. The fourth-order valence-corrected chi connectivity index (χ4v) is 2.38. The maximum Gasteiger partial charge on any atom is 0.275 e. The molecule has 0 aliphatic rings. The minimum atomic E-state index is -3.60. The molecule has 1 amide bonds. The fraction of sp³-hybridized carbons (Fsp3) is 0.154. The third-order valence-electron chi connectivity index (χ3n) is 2.63. The van der Waals surface area contributed by atoms with Crippen molar-refractivity contribution >= 4 is 33.0 Å². The Hall–Kier alpha value is -1.99. The van der Waals surface area contributed by atoms with Gasteiger partial charge in [0.1, 0.15) is 0 Å². The zero-order chi connectivity index (χ0) is 15.5. The Labute approximate surface area is 127 Å². The maximum absolute atomic E-state index is 12.1. The Kier molecular flexibility index (Phi) is 4.54. The van der Waals surface area contributed by atoms with E-state index in [2.05, 4.69) is 15.3 Å². The number of hydrogen-bond acceptors (Lipinski definition) is 5. The van der Waals surface area contributed by atoms with Crippen LogP contribution in [0.1, 0.15) is 17.4 Å². The molecule has 110 valence electrons. The van der Waals surface area contributed by atoms with Gasteiger partial charge in [-0.3, -0.25) is 4.79 Å². The van der Waals surface area contributed by atoms with Gasteiger partial charge >= 0.3 is 0 Å². The number of rotatable bonds is 4. The summed E-state index contributed by atoms with van der Waals surface area (Å²) >= 11 is 5.87. The summed E-state index contributed by atoms with van der Waals surface area (Å²) in [6, 6.07) is 8.70. The van der Waals surface area contributed by atoms with E-state index in [1.54, 1.807) is 30.3 Å². The molecule has 1 aromatic carbocycles. The Morgan fingerprint density at radius 1 is 1.29 bits per heavy atom. The molecule has 0 atom stereocenters. The number of anilines is 1.